The van der Waals surface area contributed by atoms with Gasteiger partial charge in [0.15, 0.2) is 0 Å². The molecule has 4 heteroatoms. The van der Waals surface area contributed by atoms with Gasteiger partial charge in [0.25, 0.3) is 0 Å². The van der Waals surface area contributed by atoms with E-state index in [1.165, 1.54) is 24.8 Å². The Morgan fingerprint density at radius 2 is 2.31 bits per heavy atom. The second-order valence-electron chi connectivity index (χ2n) is 4.69. The second kappa shape index (κ2) is 4.37. The fourth-order valence-corrected chi connectivity index (χ4v) is 2.16. The van der Waals surface area contributed by atoms with Gasteiger partial charge in [-0.1, -0.05) is 6.42 Å². The summed E-state index contributed by atoms with van der Waals surface area (Å²) in [6.07, 6.45) is 4.94. The average molecular weight is 219 g/mol. The Balaban J connectivity index is 1.65. The zero-order valence-corrected chi connectivity index (χ0v) is 9.41. The Morgan fingerprint density at radius 3 is 3.12 bits per heavy atom. The number of fused-ring (bicyclic) bond motifs is 1. The molecule has 0 unspecified atom stereocenters. The lowest BCUT2D eigenvalue weighted by molar-refractivity contribution is 0.174. The Labute approximate surface area is 95.4 Å². The summed E-state index contributed by atoms with van der Waals surface area (Å²) in [5.74, 6) is 1.44. The summed E-state index contributed by atoms with van der Waals surface area (Å²) in [7, 11) is 0. The molecular weight excluding hydrogens is 202 g/mol. The summed E-state index contributed by atoms with van der Waals surface area (Å²) in [4.78, 5) is 0. The van der Waals surface area contributed by atoms with Crippen LogP contribution >= 0.6 is 0 Å². The van der Waals surface area contributed by atoms with E-state index in [4.69, 9.17) is 4.74 Å². The van der Waals surface area contributed by atoms with E-state index in [2.05, 4.69) is 15.5 Å². The molecule has 1 fully saturated rings. The molecule has 2 heterocycles. The van der Waals surface area contributed by atoms with Crippen molar-refractivity contribution in [3.63, 3.8) is 0 Å². The van der Waals surface area contributed by atoms with Crippen molar-refractivity contribution in [1.29, 1.82) is 0 Å². The summed E-state index contributed by atoms with van der Waals surface area (Å²) in [5, 5.41) is 11.7. The lowest BCUT2D eigenvalue weighted by Gasteiger charge is -2.25. The highest BCUT2D eigenvalue weighted by atomic mass is 16.5. The highest BCUT2D eigenvalue weighted by Gasteiger charge is 2.19. The summed E-state index contributed by atoms with van der Waals surface area (Å²) in [5.41, 5.74) is 2.36. The number of nitrogens with zero attached hydrogens (tertiary/aromatic N) is 2. The highest BCUT2D eigenvalue weighted by molar-refractivity contribution is 5.26. The van der Waals surface area contributed by atoms with Crippen molar-refractivity contribution < 1.29 is 4.74 Å². The van der Waals surface area contributed by atoms with E-state index in [9.17, 15) is 0 Å². The molecule has 4 nitrogen and oxygen atoms in total. The standard InChI is InChI=1S/C12H17N3O/c1-2-9(3-1)8-16-12-6-10-7-13-5-4-11(10)14-15-12/h6,9,13H,1-5,7-8H2. The third-order valence-electron chi connectivity index (χ3n) is 3.48. The smallest absolute Gasteiger partial charge is 0.233 e. The van der Waals surface area contributed by atoms with Crippen molar-refractivity contribution >= 4 is 0 Å². The molecule has 0 atom stereocenters. The van der Waals surface area contributed by atoms with E-state index in [1.807, 2.05) is 6.07 Å². The third-order valence-corrected chi connectivity index (χ3v) is 3.48. The molecule has 1 saturated carbocycles. The predicted octanol–water partition coefficient (Wildman–Crippen LogP) is 1.30. The van der Waals surface area contributed by atoms with Gasteiger partial charge in [-0.05, 0) is 24.3 Å². The van der Waals surface area contributed by atoms with Crippen LogP contribution in [0.15, 0.2) is 6.07 Å². The molecule has 1 aliphatic carbocycles. The van der Waals surface area contributed by atoms with Gasteiger partial charge in [0.05, 0.1) is 12.3 Å². The molecule has 86 valence electrons. The lowest BCUT2D eigenvalue weighted by atomic mass is 9.86. The first kappa shape index (κ1) is 10.0. The minimum absolute atomic E-state index is 0.689. The van der Waals surface area contributed by atoms with E-state index >= 15 is 0 Å². The van der Waals surface area contributed by atoms with Gasteiger partial charge in [0.2, 0.25) is 5.88 Å². The molecule has 0 bridgehead atoms. The fourth-order valence-electron chi connectivity index (χ4n) is 2.16. The van der Waals surface area contributed by atoms with Crippen LogP contribution in [0.1, 0.15) is 30.5 Å². The molecule has 1 N–H and O–H groups in total. The van der Waals surface area contributed by atoms with Gasteiger partial charge in [0.1, 0.15) is 0 Å². The topological polar surface area (TPSA) is 47.0 Å². The Morgan fingerprint density at radius 1 is 1.38 bits per heavy atom. The first-order valence-corrected chi connectivity index (χ1v) is 6.11. The Kier molecular flexibility index (Phi) is 2.74. The number of hydrogen-bond acceptors (Lipinski definition) is 4. The molecule has 0 radical (unpaired) electrons. The van der Waals surface area contributed by atoms with Crippen LogP contribution < -0.4 is 10.1 Å². The van der Waals surface area contributed by atoms with Gasteiger partial charge in [-0.2, -0.15) is 5.10 Å². The molecule has 1 aromatic rings. The SMILES string of the molecule is c1c(OCC2CCC2)nnc2c1CNCC2. The van der Waals surface area contributed by atoms with Crippen LogP contribution in [-0.4, -0.2) is 23.3 Å². The zero-order chi connectivity index (χ0) is 10.8. The summed E-state index contributed by atoms with van der Waals surface area (Å²) >= 11 is 0. The van der Waals surface area contributed by atoms with E-state index < -0.39 is 0 Å². The van der Waals surface area contributed by atoms with Gasteiger partial charge >= 0.3 is 0 Å². The van der Waals surface area contributed by atoms with E-state index in [-0.39, 0.29) is 0 Å². The van der Waals surface area contributed by atoms with Crippen LogP contribution in [0, 0.1) is 5.92 Å². The van der Waals surface area contributed by atoms with Crippen molar-refractivity contribution in [3.05, 3.63) is 17.3 Å². The van der Waals surface area contributed by atoms with Gasteiger partial charge in [-0.3, -0.25) is 0 Å². The van der Waals surface area contributed by atoms with E-state index in [0.29, 0.717) is 5.88 Å². The molecule has 1 aliphatic heterocycles. The lowest BCUT2D eigenvalue weighted by Crippen LogP contribution is -2.25. The number of aromatic nitrogens is 2. The molecule has 0 aromatic carbocycles. The van der Waals surface area contributed by atoms with Crippen molar-refractivity contribution in [1.82, 2.24) is 15.5 Å². The predicted molar refractivity (Wildman–Crippen MR) is 60.3 cm³/mol. The third kappa shape index (κ3) is 2.02. The van der Waals surface area contributed by atoms with Gasteiger partial charge in [0, 0.05) is 25.6 Å². The van der Waals surface area contributed by atoms with Gasteiger partial charge < -0.3 is 10.1 Å². The maximum atomic E-state index is 5.67. The Hall–Kier alpha value is -1.16. The normalized spacial score (nSPS) is 20.0. The van der Waals surface area contributed by atoms with Crippen LogP contribution in [0.25, 0.3) is 0 Å². The van der Waals surface area contributed by atoms with Crippen LogP contribution in [0.3, 0.4) is 0 Å². The van der Waals surface area contributed by atoms with Crippen LogP contribution in [0.4, 0.5) is 0 Å². The van der Waals surface area contributed by atoms with Crippen molar-refractivity contribution in [2.24, 2.45) is 5.92 Å². The molecule has 0 saturated heterocycles. The molecule has 3 rings (SSSR count). The Bertz CT molecular complexity index is 377. The van der Waals surface area contributed by atoms with E-state index in [1.54, 1.807) is 0 Å². The molecular formula is C12H17N3O. The number of nitrogens with one attached hydrogen (secondary N) is 1. The number of hydrogen-bond donors (Lipinski definition) is 1. The minimum atomic E-state index is 0.689. The molecule has 1 aromatic heterocycles. The van der Waals surface area contributed by atoms with Gasteiger partial charge in [-0.25, -0.2) is 0 Å². The quantitative estimate of drug-likeness (QED) is 0.832. The number of ether oxygens (including phenoxy) is 1. The first-order chi connectivity index (χ1) is 7.92. The maximum absolute atomic E-state index is 5.67. The molecule has 16 heavy (non-hydrogen) atoms. The maximum Gasteiger partial charge on any atom is 0.233 e. The van der Waals surface area contributed by atoms with Crippen LogP contribution in [0.5, 0.6) is 5.88 Å². The fraction of sp³-hybridized carbons (Fsp3) is 0.667. The average Bonchev–Trinajstić information content (AvgIpc) is 2.27. The molecule has 2 aliphatic rings. The molecule has 0 spiro atoms. The van der Waals surface area contributed by atoms with Gasteiger partial charge in [-0.15, -0.1) is 5.10 Å². The molecule has 0 amide bonds. The van der Waals surface area contributed by atoms with Crippen molar-refractivity contribution in [2.45, 2.75) is 32.2 Å². The summed E-state index contributed by atoms with van der Waals surface area (Å²) < 4.78 is 5.67. The van der Waals surface area contributed by atoms with Crippen LogP contribution in [0.2, 0.25) is 0 Å². The summed E-state index contributed by atoms with van der Waals surface area (Å²) in [6.45, 7) is 2.70. The van der Waals surface area contributed by atoms with Crippen molar-refractivity contribution in [2.75, 3.05) is 13.2 Å². The van der Waals surface area contributed by atoms with E-state index in [0.717, 1.165) is 37.7 Å². The van der Waals surface area contributed by atoms with Crippen molar-refractivity contribution in [3.8, 4) is 5.88 Å². The van der Waals surface area contributed by atoms with Crippen LogP contribution in [-0.2, 0) is 13.0 Å². The minimum Gasteiger partial charge on any atom is -0.476 e. The highest BCUT2D eigenvalue weighted by Crippen LogP contribution is 2.27. The largest absolute Gasteiger partial charge is 0.476 e. The zero-order valence-electron chi connectivity index (χ0n) is 9.41. The monoisotopic (exact) mass is 219 g/mol. The number of rotatable bonds is 3. The summed E-state index contributed by atoms with van der Waals surface area (Å²) in [6, 6.07) is 2.03. The second-order valence-corrected chi connectivity index (χ2v) is 4.69. The first-order valence-electron chi connectivity index (χ1n) is 6.11.